The molecule has 0 saturated carbocycles. The Labute approximate surface area is 389 Å². The van der Waals surface area contributed by atoms with Gasteiger partial charge in [0.1, 0.15) is 46.6 Å². The van der Waals surface area contributed by atoms with Gasteiger partial charge in [0.05, 0.1) is 28.3 Å². The molecule has 64 heavy (non-hydrogen) atoms. The Balaban J connectivity index is 1.32. The molecular formula is C59H91N2O3+. The molecule has 0 spiro atoms. The molecule has 0 atom stereocenters. The first-order valence-electron chi connectivity index (χ1n) is 27.6. The molecule has 5 nitrogen and oxygen atoms in total. The fraction of sp³-hybridized carbons (Fsp3) is 0.678. The lowest BCUT2D eigenvalue weighted by Crippen LogP contribution is -2.31. The summed E-state index contributed by atoms with van der Waals surface area (Å²) in [5, 5.41) is 5.69. The van der Waals surface area contributed by atoms with Gasteiger partial charge in [0, 0.05) is 49.1 Å². The summed E-state index contributed by atoms with van der Waals surface area (Å²) in [6, 6.07) is 15.7. The predicted octanol–water partition coefficient (Wildman–Crippen LogP) is 18.8. The molecular weight excluding hydrogens is 785 g/mol. The van der Waals surface area contributed by atoms with Crippen molar-refractivity contribution in [1.82, 2.24) is 4.58 Å². The van der Waals surface area contributed by atoms with Gasteiger partial charge >= 0.3 is 0 Å². The summed E-state index contributed by atoms with van der Waals surface area (Å²) in [4.78, 5) is 2.66. The molecule has 3 heterocycles. The van der Waals surface area contributed by atoms with E-state index in [4.69, 9.17) is 13.3 Å². The zero-order chi connectivity index (χ0) is 44.6. The van der Waals surface area contributed by atoms with Gasteiger partial charge in [-0.3, -0.25) is 0 Å². The number of nitrogens with zero attached hydrogens (tertiary/aromatic N) is 2. The molecule has 5 heteroatoms. The van der Waals surface area contributed by atoms with E-state index in [1.54, 1.807) is 0 Å². The molecule has 354 valence electrons. The highest BCUT2D eigenvalue weighted by molar-refractivity contribution is 6.31. The Morgan fingerprint density at radius 2 is 0.656 bits per heavy atom. The van der Waals surface area contributed by atoms with Crippen LogP contribution in [0.15, 0.2) is 55.7 Å². The molecule has 0 fully saturated rings. The van der Waals surface area contributed by atoms with E-state index in [9.17, 15) is 0 Å². The summed E-state index contributed by atoms with van der Waals surface area (Å²) < 4.78 is 23.5. The summed E-state index contributed by atoms with van der Waals surface area (Å²) in [7, 11) is 0. The zero-order valence-electron chi connectivity index (χ0n) is 41.6. The number of unbranched alkanes of at least 4 members (excludes halogenated alkanes) is 28. The SMILES string of the molecule is CCCCCCCCCCN(CCCCCCCCCC)c1cc2oc3cccc4oc5cc(=[N+](CCCCCCCCCC)CCCCCCCCCC)cc6oc(c1)c2c(c34)c56. The van der Waals surface area contributed by atoms with Crippen molar-refractivity contribution in [1.29, 1.82) is 0 Å². The molecule has 0 amide bonds. The van der Waals surface area contributed by atoms with E-state index >= 15 is 0 Å². The third-order valence-electron chi connectivity index (χ3n) is 14.4. The maximum atomic E-state index is 7.16. The van der Waals surface area contributed by atoms with Crippen LogP contribution in [0.4, 0.5) is 5.69 Å². The third-order valence-corrected chi connectivity index (χ3v) is 14.4. The summed E-state index contributed by atoms with van der Waals surface area (Å²) >= 11 is 0. The first kappa shape index (κ1) is 50.0. The number of hydrogen-bond acceptors (Lipinski definition) is 4. The van der Waals surface area contributed by atoms with E-state index in [1.807, 2.05) is 0 Å². The average molecular weight is 876 g/mol. The first-order chi connectivity index (χ1) is 31.7. The molecule has 3 aromatic heterocycles. The van der Waals surface area contributed by atoms with Gasteiger partial charge in [-0.05, 0) is 37.8 Å². The monoisotopic (exact) mass is 876 g/mol. The standard InChI is InChI=1S/C59H91N2O3/c1-5-9-13-17-21-25-29-33-40-60(41-34-30-26-22-18-14-10-6-2)48-44-52-57-54(46-48)64-55-47-49(45-53-58(55)59(57)56-50(62-52)38-37-39-51(56)63-53)61(42-35-31-27-23-19-15-11-7-3)43-36-32-28-24-20-16-12-8-4/h37-39,44-47H,5-36,40-43H2,1-4H3/q+1. The van der Waals surface area contributed by atoms with E-state index in [2.05, 4.69) is 79.6 Å². The van der Waals surface area contributed by atoms with Crippen LogP contribution in [0.1, 0.15) is 233 Å². The van der Waals surface area contributed by atoms with Gasteiger partial charge in [-0.2, -0.15) is 0 Å². The third kappa shape index (κ3) is 14.8. The number of benzene rings is 3. The Kier molecular flexibility index (Phi) is 22.3. The summed E-state index contributed by atoms with van der Waals surface area (Å²) in [5.41, 5.74) is 6.68. The quantitative estimate of drug-likeness (QED) is 0.0169. The van der Waals surface area contributed by atoms with Gasteiger partial charge in [0.25, 0.3) is 0 Å². The highest BCUT2D eigenvalue weighted by Crippen LogP contribution is 2.45. The second-order valence-electron chi connectivity index (χ2n) is 19.8. The molecule has 0 radical (unpaired) electrons. The molecule has 0 aliphatic heterocycles. The van der Waals surface area contributed by atoms with Crippen molar-refractivity contribution < 1.29 is 13.3 Å². The molecule has 0 aliphatic rings. The smallest absolute Gasteiger partial charge is 0.207 e. The van der Waals surface area contributed by atoms with Crippen molar-refractivity contribution >= 4 is 60.7 Å². The van der Waals surface area contributed by atoms with Gasteiger partial charge in [-0.15, -0.1) is 0 Å². The normalized spacial score (nSPS) is 12.1. The van der Waals surface area contributed by atoms with E-state index in [1.165, 1.54) is 222 Å². The van der Waals surface area contributed by atoms with Gasteiger partial charge in [0.15, 0.2) is 0 Å². The maximum Gasteiger partial charge on any atom is 0.207 e. The van der Waals surface area contributed by atoms with E-state index < -0.39 is 0 Å². The van der Waals surface area contributed by atoms with Crippen LogP contribution in [0.25, 0.3) is 55.0 Å². The lowest BCUT2D eigenvalue weighted by atomic mass is 9.99. The van der Waals surface area contributed by atoms with Gasteiger partial charge in [-0.1, -0.05) is 201 Å². The van der Waals surface area contributed by atoms with Crippen molar-refractivity contribution in [3.63, 3.8) is 0 Å². The summed E-state index contributed by atoms with van der Waals surface area (Å²) in [6.45, 7) is 13.5. The molecule has 6 aromatic rings. The van der Waals surface area contributed by atoms with Crippen LogP contribution in [-0.4, -0.2) is 26.2 Å². The highest BCUT2D eigenvalue weighted by Gasteiger charge is 2.24. The Morgan fingerprint density at radius 3 is 1.05 bits per heavy atom. The number of anilines is 1. The maximum absolute atomic E-state index is 7.16. The molecule has 0 saturated heterocycles. The van der Waals surface area contributed by atoms with E-state index in [0.717, 1.165) is 75.8 Å². The Bertz CT molecular complexity index is 2200. The van der Waals surface area contributed by atoms with E-state index in [0.29, 0.717) is 0 Å². The van der Waals surface area contributed by atoms with Crippen LogP contribution < -0.4 is 14.8 Å². The second-order valence-corrected chi connectivity index (χ2v) is 19.8. The fourth-order valence-corrected chi connectivity index (χ4v) is 10.5. The summed E-state index contributed by atoms with van der Waals surface area (Å²) in [6.07, 6.45) is 42.7. The van der Waals surface area contributed by atoms with Crippen LogP contribution in [0.2, 0.25) is 0 Å². The van der Waals surface area contributed by atoms with Gasteiger partial charge in [-0.25, -0.2) is 4.58 Å². The minimum absolute atomic E-state index is 0.884. The van der Waals surface area contributed by atoms with Crippen LogP contribution in [0.5, 0.6) is 0 Å². The number of hydrogen-bond donors (Lipinski definition) is 0. The Morgan fingerprint density at radius 1 is 0.344 bits per heavy atom. The lowest BCUT2D eigenvalue weighted by Gasteiger charge is -2.26. The Hall–Kier alpha value is -3.47. The number of rotatable bonds is 37. The molecule has 6 rings (SSSR count). The van der Waals surface area contributed by atoms with Gasteiger partial charge < -0.3 is 18.2 Å². The first-order valence-corrected chi connectivity index (χ1v) is 27.6. The van der Waals surface area contributed by atoms with E-state index in [-0.39, 0.29) is 0 Å². The minimum atomic E-state index is 0.884. The van der Waals surface area contributed by atoms with Gasteiger partial charge in [0.2, 0.25) is 5.36 Å². The van der Waals surface area contributed by atoms with Crippen molar-refractivity contribution in [3.8, 4) is 0 Å². The van der Waals surface area contributed by atoms with Crippen LogP contribution in [0.3, 0.4) is 0 Å². The largest absolute Gasteiger partial charge is 0.456 e. The second kappa shape index (κ2) is 28.5. The lowest BCUT2D eigenvalue weighted by molar-refractivity contribution is 0.485. The molecule has 0 N–H and O–H groups in total. The predicted molar refractivity (Wildman–Crippen MR) is 280 cm³/mol. The van der Waals surface area contributed by atoms with Crippen LogP contribution in [0, 0.1) is 0 Å². The molecule has 0 aliphatic carbocycles. The summed E-state index contributed by atoms with van der Waals surface area (Å²) in [5.74, 6) is 0. The van der Waals surface area contributed by atoms with Crippen LogP contribution in [-0.2, 0) is 0 Å². The van der Waals surface area contributed by atoms with Crippen molar-refractivity contribution in [2.45, 2.75) is 233 Å². The molecule has 0 unspecified atom stereocenters. The zero-order valence-corrected chi connectivity index (χ0v) is 41.6. The highest BCUT2D eigenvalue weighted by atomic mass is 16.4. The average Bonchev–Trinajstić information content (AvgIpc) is 3.30. The minimum Gasteiger partial charge on any atom is -0.456 e. The molecule has 0 bridgehead atoms. The topological polar surface area (TPSA) is 45.7 Å². The van der Waals surface area contributed by atoms with Crippen molar-refractivity contribution in [2.75, 3.05) is 31.1 Å². The molecule has 3 aromatic carbocycles. The van der Waals surface area contributed by atoms with Crippen molar-refractivity contribution in [2.24, 2.45) is 0 Å². The fourth-order valence-electron chi connectivity index (χ4n) is 10.5. The van der Waals surface area contributed by atoms with Crippen LogP contribution >= 0.6 is 0 Å². The van der Waals surface area contributed by atoms with Crippen molar-refractivity contribution in [3.05, 3.63) is 47.8 Å².